The van der Waals surface area contributed by atoms with Gasteiger partial charge in [0, 0.05) is 13.2 Å². The molecular formula is C13H17N3O2S. The predicted molar refractivity (Wildman–Crippen MR) is 74.7 cm³/mol. The van der Waals surface area contributed by atoms with Gasteiger partial charge in [0.15, 0.2) is 0 Å². The number of aromatic nitrogens is 2. The number of aryl methyl sites for hydroxylation is 4. The number of nitrogens with one attached hydrogen (secondary N) is 1. The smallest absolute Gasteiger partial charge is 0.265 e. The molecule has 0 spiro atoms. The van der Waals surface area contributed by atoms with Crippen molar-refractivity contribution in [1.29, 1.82) is 0 Å². The Kier molecular flexibility index (Phi) is 3.36. The van der Waals surface area contributed by atoms with Crippen LogP contribution in [-0.4, -0.2) is 18.2 Å². The minimum Gasteiger partial charge on any atom is -0.279 e. The van der Waals surface area contributed by atoms with Gasteiger partial charge in [-0.1, -0.05) is 18.2 Å². The van der Waals surface area contributed by atoms with E-state index in [1.807, 2.05) is 32.0 Å². The van der Waals surface area contributed by atoms with Crippen molar-refractivity contribution in [2.75, 3.05) is 4.72 Å². The number of para-hydroxylation sites is 1. The molecule has 2 aromatic rings. The van der Waals surface area contributed by atoms with E-state index in [1.165, 1.54) is 10.9 Å². The van der Waals surface area contributed by atoms with Crippen molar-refractivity contribution in [3.8, 4) is 0 Å². The van der Waals surface area contributed by atoms with Crippen LogP contribution >= 0.6 is 0 Å². The first-order chi connectivity index (χ1) is 8.81. The summed E-state index contributed by atoms with van der Waals surface area (Å²) in [6.07, 6.45) is 1.51. The largest absolute Gasteiger partial charge is 0.279 e. The molecule has 0 atom stereocenters. The standard InChI is InChI=1S/C13H17N3O2S/c1-9-6-5-7-10(2)13(9)15-19(17,18)12-8-16(4)14-11(12)3/h5-8,15H,1-4H3. The third-order valence-corrected chi connectivity index (χ3v) is 4.43. The van der Waals surface area contributed by atoms with Crippen LogP contribution in [0.2, 0.25) is 0 Å². The fourth-order valence-electron chi connectivity index (χ4n) is 2.01. The van der Waals surface area contributed by atoms with Crippen molar-refractivity contribution >= 4 is 15.7 Å². The number of nitrogens with zero attached hydrogens (tertiary/aromatic N) is 2. The SMILES string of the molecule is Cc1cccc(C)c1NS(=O)(=O)c1cn(C)nc1C. The summed E-state index contributed by atoms with van der Waals surface area (Å²) >= 11 is 0. The maximum atomic E-state index is 12.4. The normalized spacial score (nSPS) is 11.6. The molecule has 0 aliphatic carbocycles. The highest BCUT2D eigenvalue weighted by Gasteiger charge is 2.21. The van der Waals surface area contributed by atoms with Gasteiger partial charge < -0.3 is 0 Å². The molecule has 0 unspecified atom stereocenters. The van der Waals surface area contributed by atoms with Gasteiger partial charge in [0.25, 0.3) is 10.0 Å². The number of anilines is 1. The average Bonchev–Trinajstić information content (AvgIpc) is 2.64. The maximum absolute atomic E-state index is 12.4. The molecule has 0 aliphatic rings. The third kappa shape index (κ3) is 2.63. The second kappa shape index (κ2) is 4.70. The number of sulfonamides is 1. The van der Waals surface area contributed by atoms with Crippen LogP contribution in [0.3, 0.4) is 0 Å². The number of hydrogen-bond donors (Lipinski definition) is 1. The molecule has 102 valence electrons. The van der Waals surface area contributed by atoms with Gasteiger partial charge in [0.1, 0.15) is 4.90 Å². The van der Waals surface area contributed by atoms with Crippen molar-refractivity contribution in [1.82, 2.24) is 9.78 Å². The second-order valence-corrected chi connectivity index (χ2v) is 6.28. The summed E-state index contributed by atoms with van der Waals surface area (Å²) in [5.41, 5.74) is 2.90. The Morgan fingerprint density at radius 2 is 1.74 bits per heavy atom. The topological polar surface area (TPSA) is 64.0 Å². The van der Waals surface area contributed by atoms with Gasteiger partial charge in [-0.2, -0.15) is 5.10 Å². The minimum absolute atomic E-state index is 0.206. The van der Waals surface area contributed by atoms with Crippen LogP contribution in [0, 0.1) is 20.8 Å². The van der Waals surface area contributed by atoms with Crippen molar-refractivity contribution in [3.05, 3.63) is 41.2 Å². The van der Waals surface area contributed by atoms with Gasteiger partial charge in [-0.15, -0.1) is 0 Å². The first kappa shape index (κ1) is 13.6. The molecule has 19 heavy (non-hydrogen) atoms. The van der Waals surface area contributed by atoms with Crippen LogP contribution in [0.1, 0.15) is 16.8 Å². The zero-order chi connectivity index (χ0) is 14.2. The number of hydrogen-bond acceptors (Lipinski definition) is 3. The maximum Gasteiger partial charge on any atom is 0.265 e. The van der Waals surface area contributed by atoms with Gasteiger partial charge in [-0.25, -0.2) is 8.42 Å². The minimum atomic E-state index is -3.60. The summed E-state index contributed by atoms with van der Waals surface area (Å²) in [5.74, 6) is 0. The van der Waals surface area contributed by atoms with E-state index in [9.17, 15) is 8.42 Å². The van der Waals surface area contributed by atoms with Gasteiger partial charge >= 0.3 is 0 Å². The Balaban J connectivity index is 2.45. The Morgan fingerprint density at radius 3 is 2.21 bits per heavy atom. The summed E-state index contributed by atoms with van der Waals surface area (Å²) in [6.45, 7) is 5.43. The molecule has 0 amide bonds. The summed E-state index contributed by atoms with van der Waals surface area (Å²) in [5, 5.41) is 4.06. The fourth-order valence-corrected chi connectivity index (χ4v) is 3.43. The molecule has 2 rings (SSSR count). The molecule has 5 nitrogen and oxygen atoms in total. The first-order valence-electron chi connectivity index (χ1n) is 5.90. The molecule has 6 heteroatoms. The Bertz CT molecular complexity index is 697. The van der Waals surface area contributed by atoms with E-state index in [4.69, 9.17) is 0 Å². The molecule has 0 bridgehead atoms. The zero-order valence-electron chi connectivity index (χ0n) is 11.4. The first-order valence-corrected chi connectivity index (χ1v) is 7.39. The lowest BCUT2D eigenvalue weighted by molar-refractivity contribution is 0.600. The van der Waals surface area contributed by atoms with Crippen LogP contribution in [0.15, 0.2) is 29.3 Å². The van der Waals surface area contributed by atoms with Gasteiger partial charge in [-0.05, 0) is 31.9 Å². The van der Waals surface area contributed by atoms with Crippen molar-refractivity contribution in [2.45, 2.75) is 25.7 Å². The van der Waals surface area contributed by atoms with Gasteiger partial charge in [0.05, 0.1) is 11.4 Å². The van der Waals surface area contributed by atoms with E-state index in [-0.39, 0.29) is 4.90 Å². The summed E-state index contributed by atoms with van der Waals surface area (Å²) in [7, 11) is -1.90. The summed E-state index contributed by atoms with van der Waals surface area (Å²) in [4.78, 5) is 0.206. The average molecular weight is 279 g/mol. The fraction of sp³-hybridized carbons (Fsp3) is 0.308. The third-order valence-electron chi connectivity index (χ3n) is 2.98. The molecule has 0 saturated carbocycles. The van der Waals surface area contributed by atoms with Crippen LogP contribution in [0.5, 0.6) is 0 Å². The summed E-state index contributed by atoms with van der Waals surface area (Å²) in [6, 6.07) is 5.65. The Hall–Kier alpha value is -1.82. The molecule has 0 fully saturated rings. The summed E-state index contributed by atoms with van der Waals surface area (Å²) < 4.78 is 28.9. The van der Waals surface area contributed by atoms with Crippen molar-refractivity contribution in [3.63, 3.8) is 0 Å². The van der Waals surface area contributed by atoms with Crippen molar-refractivity contribution < 1.29 is 8.42 Å². The molecular weight excluding hydrogens is 262 g/mol. The van der Waals surface area contributed by atoms with Gasteiger partial charge in [-0.3, -0.25) is 9.40 Å². The van der Waals surface area contributed by atoms with E-state index in [1.54, 1.807) is 14.0 Å². The molecule has 1 aromatic carbocycles. The lowest BCUT2D eigenvalue weighted by Crippen LogP contribution is -2.15. The van der Waals surface area contributed by atoms with Crippen LogP contribution in [0.25, 0.3) is 0 Å². The monoisotopic (exact) mass is 279 g/mol. The van der Waals surface area contributed by atoms with E-state index in [2.05, 4.69) is 9.82 Å². The molecule has 1 aromatic heterocycles. The van der Waals surface area contributed by atoms with Crippen LogP contribution < -0.4 is 4.72 Å². The van der Waals surface area contributed by atoms with Gasteiger partial charge in [0.2, 0.25) is 0 Å². The lowest BCUT2D eigenvalue weighted by atomic mass is 10.1. The molecule has 0 saturated heterocycles. The van der Waals surface area contributed by atoms with E-state index < -0.39 is 10.0 Å². The highest BCUT2D eigenvalue weighted by molar-refractivity contribution is 7.92. The zero-order valence-corrected chi connectivity index (χ0v) is 12.2. The van der Waals surface area contributed by atoms with E-state index in [0.29, 0.717) is 11.4 Å². The Labute approximate surface area is 113 Å². The highest BCUT2D eigenvalue weighted by Crippen LogP contribution is 2.24. The molecule has 0 radical (unpaired) electrons. The molecule has 0 aliphatic heterocycles. The van der Waals surface area contributed by atoms with Crippen LogP contribution in [0.4, 0.5) is 5.69 Å². The molecule has 1 N–H and O–H groups in total. The number of benzene rings is 1. The lowest BCUT2D eigenvalue weighted by Gasteiger charge is -2.12. The highest BCUT2D eigenvalue weighted by atomic mass is 32.2. The molecule has 1 heterocycles. The van der Waals surface area contributed by atoms with E-state index in [0.717, 1.165) is 11.1 Å². The van der Waals surface area contributed by atoms with E-state index >= 15 is 0 Å². The van der Waals surface area contributed by atoms with Crippen molar-refractivity contribution in [2.24, 2.45) is 7.05 Å². The predicted octanol–water partition coefficient (Wildman–Crippen LogP) is 2.15. The van der Waals surface area contributed by atoms with Crippen LogP contribution in [-0.2, 0) is 17.1 Å². The second-order valence-electron chi connectivity index (χ2n) is 4.62. The number of rotatable bonds is 3. The quantitative estimate of drug-likeness (QED) is 0.936. The Morgan fingerprint density at radius 1 is 1.16 bits per heavy atom.